The highest BCUT2D eigenvalue weighted by Gasteiger charge is 2.17. The Bertz CT molecular complexity index is 1350. The maximum Gasteiger partial charge on any atom is 0.412 e. The number of rotatable bonds is 14. The normalized spacial score (nSPS) is 11.6. The summed E-state index contributed by atoms with van der Waals surface area (Å²) >= 11 is 0. The molecule has 6 heteroatoms. The highest BCUT2D eigenvalue weighted by Crippen LogP contribution is 2.31. The van der Waals surface area contributed by atoms with Gasteiger partial charge in [0.15, 0.2) is 6.10 Å². The summed E-state index contributed by atoms with van der Waals surface area (Å²) < 4.78 is 11.3. The fraction of sp³-hybridized carbons (Fsp3) is 0.257. The number of carboxylic acids is 1. The molecule has 0 radical (unpaired) electrons. The minimum atomic E-state index is -0.977. The van der Waals surface area contributed by atoms with Gasteiger partial charge in [0.1, 0.15) is 11.5 Å². The Kier molecular flexibility index (Phi) is 11.0. The minimum absolute atomic E-state index is 0.236. The third kappa shape index (κ3) is 8.97. The summed E-state index contributed by atoms with van der Waals surface area (Å²) in [6, 6.07) is 36.1. The van der Waals surface area contributed by atoms with E-state index in [9.17, 15) is 14.7 Å². The van der Waals surface area contributed by atoms with Crippen molar-refractivity contribution in [3.8, 4) is 11.5 Å². The van der Waals surface area contributed by atoms with Crippen molar-refractivity contribution in [2.75, 3.05) is 6.54 Å². The van der Waals surface area contributed by atoms with Gasteiger partial charge in [0.2, 0.25) is 0 Å². The third-order valence-electron chi connectivity index (χ3n) is 7.02. The van der Waals surface area contributed by atoms with Crippen LogP contribution >= 0.6 is 0 Å². The van der Waals surface area contributed by atoms with Crippen molar-refractivity contribution >= 4 is 12.1 Å². The summed E-state index contributed by atoms with van der Waals surface area (Å²) in [7, 11) is 0. The third-order valence-corrected chi connectivity index (χ3v) is 7.02. The summed E-state index contributed by atoms with van der Waals surface area (Å²) in [4.78, 5) is 23.9. The van der Waals surface area contributed by atoms with E-state index < -0.39 is 18.2 Å². The molecule has 0 saturated carbocycles. The molecule has 0 fully saturated rings. The minimum Gasteiger partial charge on any atom is -0.479 e. The van der Waals surface area contributed by atoms with Crippen LogP contribution in [-0.2, 0) is 17.6 Å². The summed E-state index contributed by atoms with van der Waals surface area (Å²) in [5.74, 6) is 0.357. The van der Waals surface area contributed by atoms with E-state index in [1.54, 1.807) is 13.0 Å². The van der Waals surface area contributed by atoms with Crippen LogP contribution in [-0.4, -0.2) is 29.8 Å². The van der Waals surface area contributed by atoms with E-state index in [0.29, 0.717) is 37.3 Å². The van der Waals surface area contributed by atoms with Gasteiger partial charge < -0.3 is 19.9 Å². The Labute approximate surface area is 242 Å². The molecule has 0 bridgehead atoms. The average molecular weight is 552 g/mol. The average Bonchev–Trinajstić information content (AvgIpc) is 3.00. The van der Waals surface area contributed by atoms with Gasteiger partial charge in [-0.3, -0.25) is 0 Å². The Morgan fingerprint density at radius 2 is 1.46 bits per heavy atom. The van der Waals surface area contributed by atoms with Crippen LogP contribution in [0.4, 0.5) is 4.79 Å². The molecule has 4 aromatic rings. The van der Waals surface area contributed by atoms with E-state index in [1.165, 1.54) is 11.1 Å². The number of ether oxygens (including phenoxy) is 2. The van der Waals surface area contributed by atoms with E-state index >= 15 is 0 Å². The Morgan fingerprint density at radius 1 is 0.805 bits per heavy atom. The van der Waals surface area contributed by atoms with Crippen LogP contribution in [0.15, 0.2) is 109 Å². The predicted octanol–water partition coefficient (Wildman–Crippen LogP) is 7.41. The molecule has 212 valence electrons. The van der Waals surface area contributed by atoms with Crippen LogP contribution in [0, 0.1) is 0 Å². The zero-order valence-electron chi connectivity index (χ0n) is 23.4. The number of carbonyl (C=O) groups excluding carboxylic acids is 1. The van der Waals surface area contributed by atoms with Crippen LogP contribution < -0.4 is 14.8 Å². The van der Waals surface area contributed by atoms with Crippen LogP contribution in [0.1, 0.15) is 54.4 Å². The van der Waals surface area contributed by atoms with E-state index in [4.69, 9.17) is 9.47 Å². The molecule has 6 nitrogen and oxygen atoms in total. The SMILES string of the molecule is CCC(Oc1cccc(CCCNC(=O)Oc2ccccc2CCC(c2ccccc2)c2ccccc2)c1)C(=O)O. The van der Waals surface area contributed by atoms with E-state index in [-0.39, 0.29) is 5.92 Å². The zero-order chi connectivity index (χ0) is 28.9. The number of para-hydroxylation sites is 1. The van der Waals surface area contributed by atoms with Gasteiger partial charge in [0, 0.05) is 12.5 Å². The first-order valence-electron chi connectivity index (χ1n) is 14.2. The highest BCUT2D eigenvalue weighted by atomic mass is 16.6. The number of carbonyl (C=O) groups is 2. The number of hydrogen-bond acceptors (Lipinski definition) is 4. The standard InChI is InChI=1S/C35H37NO5/c1-2-32(34(37)38)40-30-20-11-13-26(25-30)14-12-24-36-35(39)41-33-21-10-9-19-29(33)22-23-31(27-15-5-3-6-16-27)28-17-7-4-8-18-28/h3-11,13,15-21,25,31-32H,2,12,14,22-24H2,1H3,(H,36,39)(H,37,38). The van der Waals surface area contributed by atoms with Crippen LogP contribution in [0.25, 0.3) is 0 Å². The molecule has 0 aliphatic heterocycles. The molecule has 1 amide bonds. The summed E-state index contributed by atoms with van der Waals surface area (Å²) in [5, 5.41) is 12.1. The van der Waals surface area contributed by atoms with Gasteiger partial charge in [-0.25, -0.2) is 9.59 Å². The lowest BCUT2D eigenvalue weighted by Crippen LogP contribution is -2.28. The molecule has 1 atom stereocenters. The molecule has 0 heterocycles. The van der Waals surface area contributed by atoms with Gasteiger partial charge in [0.05, 0.1) is 0 Å². The number of carboxylic acid groups (broad SMARTS) is 1. The second kappa shape index (κ2) is 15.3. The molecule has 0 aliphatic rings. The fourth-order valence-electron chi connectivity index (χ4n) is 4.87. The summed E-state index contributed by atoms with van der Waals surface area (Å²) in [6.45, 7) is 2.22. The van der Waals surface area contributed by atoms with Crippen molar-refractivity contribution in [2.45, 2.75) is 51.0 Å². The zero-order valence-corrected chi connectivity index (χ0v) is 23.4. The van der Waals surface area contributed by atoms with Gasteiger partial charge >= 0.3 is 12.1 Å². The van der Waals surface area contributed by atoms with E-state index in [0.717, 1.165) is 24.0 Å². The molecule has 2 N–H and O–H groups in total. The van der Waals surface area contributed by atoms with Crippen molar-refractivity contribution in [3.05, 3.63) is 131 Å². The van der Waals surface area contributed by atoms with Crippen LogP contribution in [0.3, 0.4) is 0 Å². The van der Waals surface area contributed by atoms with Crippen molar-refractivity contribution in [1.29, 1.82) is 0 Å². The van der Waals surface area contributed by atoms with Gasteiger partial charge in [0.25, 0.3) is 0 Å². The number of aliphatic carboxylic acids is 1. The lowest BCUT2D eigenvalue weighted by atomic mass is 9.86. The van der Waals surface area contributed by atoms with E-state index in [1.807, 2.05) is 54.6 Å². The first-order chi connectivity index (χ1) is 20.0. The number of hydrogen-bond donors (Lipinski definition) is 2. The number of nitrogens with one attached hydrogen (secondary N) is 1. The first kappa shape index (κ1) is 29.4. The maximum atomic E-state index is 12.6. The first-order valence-corrected chi connectivity index (χ1v) is 14.2. The lowest BCUT2D eigenvalue weighted by molar-refractivity contribution is -0.145. The second-order valence-corrected chi connectivity index (χ2v) is 9.94. The largest absolute Gasteiger partial charge is 0.479 e. The summed E-state index contributed by atoms with van der Waals surface area (Å²) in [5.41, 5.74) is 4.52. The monoisotopic (exact) mass is 551 g/mol. The Morgan fingerprint density at radius 3 is 2.12 bits per heavy atom. The topological polar surface area (TPSA) is 84.9 Å². The molecule has 41 heavy (non-hydrogen) atoms. The molecule has 0 aromatic heterocycles. The number of benzene rings is 4. The molecule has 0 spiro atoms. The van der Waals surface area contributed by atoms with Crippen LogP contribution in [0.5, 0.6) is 11.5 Å². The fourth-order valence-corrected chi connectivity index (χ4v) is 4.87. The van der Waals surface area contributed by atoms with E-state index in [2.05, 4.69) is 53.8 Å². The Hall–Kier alpha value is -4.58. The van der Waals surface area contributed by atoms with Crippen molar-refractivity contribution < 1.29 is 24.2 Å². The molecule has 1 unspecified atom stereocenters. The van der Waals surface area contributed by atoms with Gasteiger partial charge in [-0.05, 0) is 72.6 Å². The quantitative estimate of drug-likeness (QED) is 0.159. The molecular formula is C35H37NO5. The van der Waals surface area contributed by atoms with Gasteiger partial charge in [-0.2, -0.15) is 0 Å². The molecule has 4 rings (SSSR count). The van der Waals surface area contributed by atoms with Crippen LogP contribution in [0.2, 0.25) is 0 Å². The van der Waals surface area contributed by atoms with Gasteiger partial charge in [-0.15, -0.1) is 0 Å². The molecule has 0 saturated heterocycles. The van der Waals surface area contributed by atoms with Gasteiger partial charge in [-0.1, -0.05) is 97.9 Å². The molecule has 0 aliphatic carbocycles. The number of aryl methyl sites for hydroxylation is 2. The second-order valence-electron chi connectivity index (χ2n) is 9.94. The lowest BCUT2D eigenvalue weighted by Gasteiger charge is -2.19. The molecule has 4 aromatic carbocycles. The predicted molar refractivity (Wildman–Crippen MR) is 161 cm³/mol. The summed E-state index contributed by atoms with van der Waals surface area (Å²) in [6.07, 6.45) is 2.08. The van der Waals surface area contributed by atoms with Crippen molar-refractivity contribution in [1.82, 2.24) is 5.32 Å². The van der Waals surface area contributed by atoms with Crippen molar-refractivity contribution in [3.63, 3.8) is 0 Å². The number of amides is 1. The Balaban J connectivity index is 1.29. The molecular weight excluding hydrogens is 514 g/mol. The maximum absolute atomic E-state index is 12.6. The smallest absolute Gasteiger partial charge is 0.412 e. The highest BCUT2D eigenvalue weighted by molar-refractivity contribution is 5.72. The van der Waals surface area contributed by atoms with Crippen molar-refractivity contribution in [2.24, 2.45) is 0 Å².